The van der Waals surface area contributed by atoms with Gasteiger partial charge in [-0.1, -0.05) is 30.3 Å². The van der Waals surface area contributed by atoms with Crippen molar-refractivity contribution in [2.24, 2.45) is 0 Å². The summed E-state index contributed by atoms with van der Waals surface area (Å²) in [6.07, 6.45) is 0. The standard InChI is InChI=1S/C14H16N2O3/c15-10-13(16-6-8-18-9-7-16)14(17)19-11-12-4-2-1-3-5-12/h1-5,13H,6-9,11H2. The molecule has 0 amide bonds. The predicted molar refractivity (Wildman–Crippen MR) is 68.0 cm³/mol. The molecule has 0 spiro atoms. The SMILES string of the molecule is N#CC(C(=O)OCc1ccccc1)N1CCOCC1. The zero-order valence-corrected chi connectivity index (χ0v) is 10.6. The summed E-state index contributed by atoms with van der Waals surface area (Å²) in [4.78, 5) is 13.7. The number of ether oxygens (including phenoxy) is 2. The number of benzene rings is 1. The summed E-state index contributed by atoms with van der Waals surface area (Å²) < 4.78 is 10.4. The molecule has 0 aromatic heterocycles. The second-order valence-corrected chi connectivity index (χ2v) is 4.27. The summed E-state index contributed by atoms with van der Waals surface area (Å²) in [6, 6.07) is 10.6. The Kier molecular flexibility index (Phi) is 4.90. The van der Waals surface area contributed by atoms with Crippen LogP contribution in [0.2, 0.25) is 0 Å². The number of nitrogens with zero attached hydrogens (tertiary/aromatic N) is 2. The first-order valence-electron chi connectivity index (χ1n) is 6.23. The molecule has 0 aliphatic carbocycles. The van der Waals surface area contributed by atoms with Gasteiger partial charge in [-0.3, -0.25) is 4.90 Å². The smallest absolute Gasteiger partial charge is 0.338 e. The molecule has 5 nitrogen and oxygen atoms in total. The number of carbonyl (C=O) groups excluding carboxylic acids is 1. The third-order valence-electron chi connectivity index (χ3n) is 2.98. The number of hydrogen-bond donors (Lipinski definition) is 0. The molecule has 1 aliphatic rings. The minimum absolute atomic E-state index is 0.197. The largest absolute Gasteiger partial charge is 0.459 e. The maximum absolute atomic E-state index is 11.9. The van der Waals surface area contributed by atoms with Gasteiger partial charge in [0.15, 0.2) is 6.04 Å². The molecule has 1 saturated heterocycles. The Morgan fingerprint density at radius 2 is 2.05 bits per heavy atom. The van der Waals surface area contributed by atoms with Gasteiger partial charge >= 0.3 is 5.97 Å². The van der Waals surface area contributed by atoms with Gasteiger partial charge in [0.05, 0.1) is 19.3 Å². The van der Waals surface area contributed by atoms with Gasteiger partial charge in [0.1, 0.15) is 6.61 Å². The molecule has 1 aromatic carbocycles. The summed E-state index contributed by atoms with van der Waals surface area (Å²) in [7, 11) is 0. The summed E-state index contributed by atoms with van der Waals surface area (Å²) in [5.41, 5.74) is 0.912. The highest BCUT2D eigenvalue weighted by atomic mass is 16.5. The first-order chi connectivity index (χ1) is 9.31. The van der Waals surface area contributed by atoms with E-state index in [0.717, 1.165) is 5.56 Å². The van der Waals surface area contributed by atoms with E-state index in [4.69, 9.17) is 14.7 Å². The van der Waals surface area contributed by atoms with Crippen LogP contribution in [0.1, 0.15) is 5.56 Å². The summed E-state index contributed by atoms with van der Waals surface area (Å²) in [5, 5.41) is 9.11. The molecule has 1 fully saturated rings. The van der Waals surface area contributed by atoms with E-state index in [-0.39, 0.29) is 6.61 Å². The molecule has 0 bridgehead atoms. The van der Waals surface area contributed by atoms with Crippen molar-refractivity contribution in [1.29, 1.82) is 5.26 Å². The van der Waals surface area contributed by atoms with Crippen molar-refractivity contribution in [3.63, 3.8) is 0 Å². The summed E-state index contributed by atoms with van der Waals surface area (Å²) in [6.45, 7) is 2.45. The molecule has 1 atom stereocenters. The Morgan fingerprint density at radius 3 is 2.68 bits per heavy atom. The Bertz CT molecular complexity index is 450. The van der Waals surface area contributed by atoms with Crippen molar-refractivity contribution in [3.8, 4) is 6.07 Å². The van der Waals surface area contributed by atoms with Crippen molar-refractivity contribution in [1.82, 2.24) is 4.90 Å². The van der Waals surface area contributed by atoms with E-state index >= 15 is 0 Å². The minimum atomic E-state index is -0.840. The van der Waals surface area contributed by atoms with Gasteiger partial charge in [0, 0.05) is 13.1 Å². The molecule has 100 valence electrons. The summed E-state index contributed by atoms with van der Waals surface area (Å²) >= 11 is 0. The van der Waals surface area contributed by atoms with Crippen LogP contribution >= 0.6 is 0 Å². The molecular formula is C14H16N2O3. The number of nitriles is 1. The fraction of sp³-hybridized carbons (Fsp3) is 0.429. The van der Waals surface area contributed by atoms with Crippen molar-refractivity contribution < 1.29 is 14.3 Å². The Labute approximate surface area is 112 Å². The average Bonchev–Trinajstić information content (AvgIpc) is 2.48. The number of carbonyl (C=O) groups is 1. The lowest BCUT2D eigenvalue weighted by atomic mass is 10.2. The van der Waals surface area contributed by atoms with Crippen LogP contribution in [0.4, 0.5) is 0 Å². The molecule has 0 radical (unpaired) electrons. The molecule has 5 heteroatoms. The van der Waals surface area contributed by atoms with Crippen LogP contribution in [0.15, 0.2) is 30.3 Å². The van der Waals surface area contributed by atoms with E-state index in [9.17, 15) is 4.79 Å². The molecule has 1 heterocycles. The third kappa shape index (κ3) is 3.78. The molecule has 1 aliphatic heterocycles. The van der Waals surface area contributed by atoms with Crippen LogP contribution in [0.3, 0.4) is 0 Å². The Morgan fingerprint density at radius 1 is 1.37 bits per heavy atom. The predicted octanol–water partition coefficient (Wildman–Crippen LogP) is 0.954. The van der Waals surface area contributed by atoms with Gasteiger partial charge in [0.2, 0.25) is 0 Å². The number of rotatable bonds is 4. The maximum Gasteiger partial charge on any atom is 0.338 e. The van der Waals surface area contributed by atoms with E-state index < -0.39 is 12.0 Å². The van der Waals surface area contributed by atoms with Crippen LogP contribution in [-0.2, 0) is 20.9 Å². The molecular weight excluding hydrogens is 244 g/mol. The van der Waals surface area contributed by atoms with Gasteiger partial charge in [-0.25, -0.2) is 4.79 Å². The van der Waals surface area contributed by atoms with Gasteiger partial charge in [0.25, 0.3) is 0 Å². The van der Waals surface area contributed by atoms with Crippen LogP contribution in [0.5, 0.6) is 0 Å². The lowest BCUT2D eigenvalue weighted by Gasteiger charge is -2.29. The lowest BCUT2D eigenvalue weighted by molar-refractivity contribution is -0.150. The van der Waals surface area contributed by atoms with Crippen molar-refractivity contribution in [2.45, 2.75) is 12.6 Å². The first-order valence-corrected chi connectivity index (χ1v) is 6.23. The molecule has 2 rings (SSSR count). The van der Waals surface area contributed by atoms with Crippen molar-refractivity contribution in [2.75, 3.05) is 26.3 Å². The second-order valence-electron chi connectivity index (χ2n) is 4.27. The highest BCUT2D eigenvalue weighted by Gasteiger charge is 2.28. The topological polar surface area (TPSA) is 62.6 Å². The van der Waals surface area contributed by atoms with E-state index in [2.05, 4.69) is 0 Å². The lowest BCUT2D eigenvalue weighted by Crippen LogP contribution is -2.47. The quantitative estimate of drug-likeness (QED) is 0.754. The van der Waals surface area contributed by atoms with Crippen molar-refractivity contribution in [3.05, 3.63) is 35.9 Å². The highest BCUT2D eigenvalue weighted by molar-refractivity contribution is 5.78. The van der Waals surface area contributed by atoms with Gasteiger partial charge in [-0.15, -0.1) is 0 Å². The maximum atomic E-state index is 11.9. The Hall–Kier alpha value is -1.90. The molecule has 0 saturated carbocycles. The first kappa shape index (κ1) is 13.5. The number of hydrogen-bond acceptors (Lipinski definition) is 5. The zero-order valence-electron chi connectivity index (χ0n) is 10.6. The average molecular weight is 260 g/mol. The fourth-order valence-electron chi connectivity index (χ4n) is 1.93. The van der Waals surface area contributed by atoms with Crippen LogP contribution in [0, 0.1) is 11.3 Å². The second kappa shape index (κ2) is 6.88. The number of esters is 1. The van der Waals surface area contributed by atoms with E-state index in [1.165, 1.54) is 0 Å². The van der Waals surface area contributed by atoms with E-state index in [1.54, 1.807) is 4.90 Å². The minimum Gasteiger partial charge on any atom is -0.459 e. The highest BCUT2D eigenvalue weighted by Crippen LogP contribution is 2.07. The molecule has 19 heavy (non-hydrogen) atoms. The van der Waals surface area contributed by atoms with Gasteiger partial charge in [-0.05, 0) is 5.56 Å². The fourth-order valence-corrected chi connectivity index (χ4v) is 1.93. The molecule has 1 unspecified atom stereocenters. The monoisotopic (exact) mass is 260 g/mol. The number of morpholine rings is 1. The van der Waals surface area contributed by atoms with Crippen molar-refractivity contribution >= 4 is 5.97 Å². The van der Waals surface area contributed by atoms with Gasteiger partial charge < -0.3 is 9.47 Å². The zero-order chi connectivity index (χ0) is 13.5. The van der Waals surface area contributed by atoms with Crippen LogP contribution in [0.25, 0.3) is 0 Å². The van der Waals surface area contributed by atoms with E-state index in [1.807, 2.05) is 36.4 Å². The van der Waals surface area contributed by atoms with Crippen LogP contribution < -0.4 is 0 Å². The normalized spacial score (nSPS) is 17.4. The van der Waals surface area contributed by atoms with E-state index in [0.29, 0.717) is 26.3 Å². The third-order valence-corrected chi connectivity index (χ3v) is 2.98. The summed E-state index contributed by atoms with van der Waals surface area (Å²) in [5.74, 6) is -0.492. The Balaban J connectivity index is 1.88. The van der Waals surface area contributed by atoms with Gasteiger partial charge in [-0.2, -0.15) is 5.26 Å². The molecule has 1 aromatic rings. The van der Waals surface area contributed by atoms with Crippen LogP contribution in [-0.4, -0.2) is 43.2 Å². The molecule has 0 N–H and O–H groups in total.